The topological polar surface area (TPSA) is 68.3 Å². The van der Waals surface area contributed by atoms with Crippen molar-refractivity contribution < 1.29 is 14.3 Å². The summed E-state index contributed by atoms with van der Waals surface area (Å²) in [6, 6.07) is 10.3. The summed E-state index contributed by atoms with van der Waals surface area (Å²) in [4.78, 5) is 27.6. The number of carbonyl (C=O) groups excluding carboxylic acids is 2. The predicted molar refractivity (Wildman–Crippen MR) is 87.6 cm³/mol. The van der Waals surface area contributed by atoms with Crippen molar-refractivity contribution in [1.29, 1.82) is 0 Å². The Morgan fingerprint density at radius 3 is 2.48 bits per heavy atom. The quantitative estimate of drug-likeness (QED) is 0.798. The van der Waals surface area contributed by atoms with Gasteiger partial charge in [0.05, 0.1) is 6.61 Å². The number of amides is 1. The van der Waals surface area contributed by atoms with E-state index in [9.17, 15) is 9.59 Å². The first kappa shape index (κ1) is 16.7. The van der Waals surface area contributed by atoms with Gasteiger partial charge in [0.25, 0.3) is 5.91 Å². The van der Waals surface area contributed by atoms with Crippen LogP contribution >= 0.6 is 0 Å². The third-order valence-corrected chi connectivity index (χ3v) is 3.29. The van der Waals surface area contributed by atoms with Crippen LogP contribution in [-0.2, 0) is 6.54 Å². The predicted octanol–water partition coefficient (Wildman–Crippen LogP) is 3.00. The second-order valence-electron chi connectivity index (χ2n) is 5.13. The number of ether oxygens (including phenoxy) is 1. The maximum atomic E-state index is 12.2. The van der Waals surface area contributed by atoms with Crippen LogP contribution in [-0.4, -0.2) is 23.3 Å². The molecule has 5 nitrogen and oxygen atoms in total. The number of aromatic nitrogens is 1. The van der Waals surface area contributed by atoms with Crippen LogP contribution in [0.5, 0.6) is 5.88 Å². The molecule has 0 bridgehead atoms. The molecule has 2 rings (SSSR count). The molecular weight excluding hydrogens is 292 g/mol. The summed E-state index contributed by atoms with van der Waals surface area (Å²) < 4.78 is 5.57. The molecule has 0 fully saturated rings. The van der Waals surface area contributed by atoms with Crippen LogP contribution < -0.4 is 10.1 Å². The molecule has 0 aliphatic carbocycles. The minimum absolute atomic E-state index is 0.0231. The van der Waals surface area contributed by atoms with E-state index in [0.29, 0.717) is 30.2 Å². The first-order valence-corrected chi connectivity index (χ1v) is 7.57. The standard InChI is InChI=1S/C18H20N2O3/c1-3-11-23-18-16(5-4-10-19-18)12-20-17(22)15-8-6-14(7-9-15)13(2)21/h4-10H,3,11-12H2,1-2H3,(H,20,22). The molecule has 0 unspecified atom stereocenters. The summed E-state index contributed by atoms with van der Waals surface area (Å²) in [6.07, 6.45) is 2.56. The molecule has 23 heavy (non-hydrogen) atoms. The van der Waals surface area contributed by atoms with Gasteiger partial charge in [0, 0.05) is 29.4 Å². The van der Waals surface area contributed by atoms with Gasteiger partial charge in [-0.1, -0.05) is 25.1 Å². The number of rotatable bonds is 7. The molecule has 2 aromatic rings. The number of pyridine rings is 1. The van der Waals surface area contributed by atoms with Crippen molar-refractivity contribution >= 4 is 11.7 Å². The van der Waals surface area contributed by atoms with Crippen molar-refractivity contribution in [3.8, 4) is 5.88 Å². The van der Waals surface area contributed by atoms with Crippen molar-refractivity contribution in [3.63, 3.8) is 0 Å². The van der Waals surface area contributed by atoms with E-state index in [-0.39, 0.29) is 11.7 Å². The second-order valence-corrected chi connectivity index (χ2v) is 5.13. The molecule has 0 spiro atoms. The summed E-state index contributed by atoms with van der Waals surface area (Å²) in [5, 5.41) is 2.84. The van der Waals surface area contributed by atoms with Gasteiger partial charge in [0.2, 0.25) is 5.88 Å². The molecule has 1 amide bonds. The normalized spacial score (nSPS) is 10.2. The zero-order valence-corrected chi connectivity index (χ0v) is 13.3. The molecule has 1 aromatic heterocycles. The van der Waals surface area contributed by atoms with Crippen LogP contribution in [0.25, 0.3) is 0 Å². The molecule has 0 aliphatic rings. The summed E-state index contributed by atoms with van der Waals surface area (Å²) in [7, 11) is 0. The van der Waals surface area contributed by atoms with E-state index in [4.69, 9.17) is 4.74 Å². The van der Waals surface area contributed by atoms with Gasteiger partial charge in [-0.05, 0) is 31.5 Å². The number of benzene rings is 1. The van der Waals surface area contributed by atoms with Gasteiger partial charge in [-0.25, -0.2) is 4.98 Å². The Balaban J connectivity index is 2.00. The van der Waals surface area contributed by atoms with E-state index in [1.807, 2.05) is 19.1 Å². The summed E-state index contributed by atoms with van der Waals surface area (Å²) in [5.74, 6) is 0.317. The Kier molecular flexibility index (Phi) is 5.86. The highest BCUT2D eigenvalue weighted by Crippen LogP contribution is 2.14. The van der Waals surface area contributed by atoms with Crippen molar-refractivity contribution in [2.75, 3.05) is 6.61 Å². The smallest absolute Gasteiger partial charge is 0.251 e. The molecule has 1 N–H and O–H groups in total. The molecule has 0 radical (unpaired) electrons. The van der Waals surface area contributed by atoms with Crippen LogP contribution in [0.1, 0.15) is 46.5 Å². The SMILES string of the molecule is CCCOc1ncccc1CNC(=O)c1ccc(C(C)=O)cc1. The summed E-state index contributed by atoms with van der Waals surface area (Å²) >= 11 is 0. The maximum absolute atomic E-state index is 12.2. The largest absolute Gasteiger partial charge is 0.477 e. The third kappa shape index (κ3) is 4.64. The van der Waals surface area contributed by atoms with Crippen LogP contribution in [0.15, 0.2) is 42.6 Å². The molecule has 5 heteroatoms. The van der Waals surface area contributed by atoms with E-state index in [2.05, 4.69) is 10.3 Å². The number of carbonyl (C=O) groups is 2. The van der Waals surface area contributed by atoms with Gasteiger partial charge in [-0.15, -0.1) is 0 Å². The lowest BCUT2D eigenvalue weighted by Crippen LogP contribution is -2.23. The lowest BCUT2D eigenvalue weighted by molar-refractivity contribution is 0.0948. The molecular formula is C18H20N2O3. The Morgan fingerprint density at radius 1 is 1.13 bits per heavy atom. The highest BCUT2D eigenvalue weighted by Gasteiger charge is 2.09. The Bertz CT molecular complexity index is 681. The van der Waals surface area contributed by atoms with Crippen LogP contribution in [0.2, 0.25) is 0 Å². The average molecular weight is 312 g/mol. The fraction of sp³-hybridized carbons (Fsp3) is 0.278. The molecule has 0 atom stereocenters. The summed E-state index contributed by atoms with van der Waals surface area (Å²) in [6.45, 7) is 4.44. The number of Topliss-reactive ketones (excluding diaryl/α,β-unsaturated/α-hetero) is 1. The van der Waals surface area contributed by atoms with Crippen molar-refractivity contribution in [3.05, 3.63) is 59.3 Å². The monoisotopic (exact) mass is 312 g/mol. The van der Waals surface area contributed by atoms with Gasteiger partial charge in [0.15, 0.2) is 5.78 Å². The number of nitrogens with zero attached hydrogens (tertiary/aromatic N) is 1. The number of ketones is 1. The third-order valence-electron chi connectivity index (χ3n) is 3.29. The van der Waals surface area contributed by atoms with Crippen molar-refractivity contribution in [2.24, 2.45) is 0 Å². The zero-order chi connectivity index (χ0) is 16.7. The van der Waals surface area contributed by atoms with E-state index >= 15 is 0 Å². The minimum Gasteiger partial charge on any atom is -0.477 e. The number of hydrogen-bond acceptors (Lipinski definition) is 4. The van der Waals surface area contributed by atoms with Gasteiger partial charge < -0.3 is 10.1 Å². The zero-order valence-electron chi connectivity index (χ0n) is 13.3. The highest BCUT2D eigenvalue weighted by molar-refractivity contribution is 5.97. The first-order chi connectivity index (χ1) is 11.1. The molecule has 1 heterocycles. The minimum atomic E-state index is -0.203. The lowest BCUT2D eigenvalue weighted by Gasteiger charge is -2.10. The van der Waals surface area contributed by atoms with Gasteiger partial charge in [-0.3, -0.25) is 9.59 Å². The Morgan fingerprint density at radius 2 is 1.83 bits per heavy atom. The highest BCUT2D eigenvalue weighted by atomic mass is 16.5. The molecule has 1 aromatic carbocycles. The van der Waals surface area contributed by atoms with Gasteiger partial charge in [0.1, 0.15) is 0 Å². The summed E-state index contributed by atoms with van der Waals surface area (Å²) in [5.41, 5.74) is 1.92. The van der Waals surface area contributed by atoms with Crippen molar-refractivity contribution in [2.45, 2.75) is 26.8 Å². The Labute approximate surface area is 135 Å². The molecule has 0 aliphatic heterocycles. The van der Waals surface area contributed by atoms with Gasteiger partial charge in [-0.2, -0.15) is 0 Å². The lowest BCUT2D eigenvalue weighted by atomic mass is 10.1. The van der Waals surface area contributed by atoms with E-state index < -0.39 is 0 Å². The molecule has 0 saturated carbocycles. The van der Waals surface area contributed by atoms with E-state index in [1.54, 1.807) is 30.5 Å². The Hall–Kier alpha value is -2.69. The fourth-order valence-electron chi connectivity index (χ4n) is 2.02. The number of hydrogen-bond donors (Lipinski definition) is 1. The van der Waals surface area contributed by atoms with Crippen LogP contribution in [0, 0.1) is 0 Å². The van der Waals surface area contributed by atoms with E-state index in [0.717, 1.165) is 12.0 Å². The fourth-order valence-corrected chi connectivity index (χ4v) is 2.02. The number of nitrogens with one attached hydrogen (secondary N) is 1. The maximum Gasteiger partial charge on any atom is 0.251 e. The van der Waals surface area contributed by atoms with Crippen molar-refractivity contribution in [1.82, 2.24) is 10.3 Å². The molecule has 0 saturated heterocycles. The van der Waals surface area contributed by atoms with Gasteiger partial charge >= 0.3 is 0 Å². The first-order valence-electron chi connectivity index (χ1n) is 7.57. The molecule has 120 valence electrons. The van der Waals surface area contributed by atoms with Crippen LogP contribution in [0.4, 0.5) is 0 Å². The second kappa shape index (κ2) is 8.08. The van der Waals surface area contributed by atoms with Crippen LogP contribution in [0.3, 0.4) is 0 Å². The average Bonchev–Trinajstić information content (AvgIpc) is 2.58. The van der Waals surface area contributed by atoms with E-state index in [1.165, 1.54) is 6.92 Å².